The quantitative estimate of drug-likeness (QED) is 0.174. The minimum absolute atomic E-state index is 0.0671. The highest BCUT2D eigenvalue weighted by molar-refractivity contribution is 6.12. The molecule has 8 rings (SSSR count). The molecule has 6 aliphatic rings. The SMILES string of the molecule is NC1=NC2[C@H](CN3C(=O)CN(c4ccccc4)C3=O)N=C(N)N3CC(NC(=O)c4cccc5c4OCC54CCC4)C(O)(O)C23N1. The van der Waals surface area contributed by atoms with Crippen molar-refractivity contribution in [3.8, 4) is 5.75 Å². The Morgan fingerprint density at radius 1 is 1.09 bits per heavy atom. The van der Waals surface area contributed by atoms with Gasteiger partial charge < -0.3 is 42.0 Å². The molecule has 0 radical (unpaired) electrons. The summed E-state index contributed by atoms with van der Waals surface area (Å²) < 4.78 is 6.00. The van der Waals surface area contributed by atoms with Crippen LogP contribution in [0.1, 0.15) is 35.2 Å². The smallest absolute Gasteiger partial charge is 0.331 e. The van der Waals surface area contributed by atoms with E-state index in [0.29, 0.717) is 23.6 Å². The molecule has 0 bridgehead atoms. The number of para-hydroxylation sites is 2. The maximum absolute atomic E-state index is 13.7. The van der Waals surface area contributed by atoms with E-state index in [0.717, 1.165) is 29.7 Å². The lowest BCUT2D eigenvalue weighted by molar-refractivity contribution is -0.230. The van der Waals surface area contributed by atoms with Gasteiger partial charge in [-0.15, -0.1) is 0 Å². The van der Waals surface area contributed by atoms with Gasteiger partial charge in [0, 0.05) is 23.2 Å². The Hall–Kier alpha value is -4.89. The minimum atomic E-state index is -2.68. The van der Waals surface area contributed by atoms with Gasteiger partial charge in [0.2, 0.25) is 5.79 Å². The van der Waals surface area contributed by atoms with Gasteiger partial charge >= 0.3 is 6.03 Å². The van der Waals surface area contributed by atoms with Crippen LogP contribution in [0.4, 0.5) is 10.5 Å². The first-order valence-corrected chi connectivity index (χ1v) is 15.0. The molecule has 4 atom stereocenters. The lowest BCUT2D eigenvalue weighted by Gasteiger charge is -2.49. The predicted octanol–water partition coefficient (Wildman–Crippen LogP) is -1.26. The molecule has 234 valence electrons. The number of rotatable bonds is 5. The second kappa shape index (κ2) is 9.31. The first kappa shape index (κ1) is 27.6. The normalized spacial score (nSPS) is 30.2. The molecule has 8 N–H and O–H groups in total. The molecular formula is C30H33N9O6. The lowest BCUT2D eigenvalue weighted by Crippen LogP contribution is -2.78. The zero-order chi connectivity index (χ0) is 31.3. The van der Waals surface area contributed by atoms with E-state index in [4.69, 9.17) is 16.2 Å². The van der Waals surface area contributed by atoms with Crippen molar-refractivity contribution < 1.29 is 29.3 Å². The average molecular weight is 616 g/mol. The number of carbonyl (C=O) groups is 3. The van der Waals surface area contributed by atoms with Crippen molar-refractivity contribution in [2.24, 2.45) is 21.5 Å². The molecule has 3 fully saturated rings. The summed E-state index contributed by atoms with van der Waals surface area (Å²) >= 11 is 0. The number of guanidine groups is 2. The van der Waals surface area contributed by atoms with Crippen molar-refractivity contribution >= 4 is 35.5 Å². The molecular weight excluding hydrogens is 582 g/mol. The number of anilines is 1. The zero-order valence-corrected chi connectivity index (χ0v) is 24.2. The van der Waals surface area contributed by atoms with Gasteiger partial charge in [-0.3, -0.25) is 19.4 Å². The molecule has 15 heteroatoms. The number of imide groups is 1. The zero-order valence-electron chi connectivity index (χ0n) is 24.2. The fraction of sp³-hybridized carbons (Fsp3) is 0.433. The summed E-state index contributed by atoms with van der Waals surface area (Å²) in [5, 5.41) is 29.4. The molecule has 1 saturated carbocycles. The predicted molar refractivity (Wildman–Crippen MR) is 160 cm³/mol. The fourth-order valence-electron chi connectivity index (χ4n) is 7.78. The number of hydrogen-bond acceptors (Lipinski definition) is 12. The van der Waals surface area contributed by atoms with Crippen LogP contribution in [-0.2, 0) is 10.2 Å². The Morgan fingerprint density at radius 2 is 1.87 bits per heavy atom. The highest BCUT2D eigenvalue weighted by Crippen LogP contribution is 2.52. The number of ether oxygens (including phenoxy) is 1. The molecule has 3 unspecified atom stereocenters. The van der Waals surface area contributed by atoms with Gasteiger partial charge in [-0.05, 0) is 31.0 Å². The summed E-state index contributed by atoms with van der Waals surface area (Å²) in [7, 11) is 0. The maximum Gasteiger partial charge on any atom is 0.331 e. The highest BCUT2D eigenvalue weighted by atomic mass is 16.5. The van der Waals surface area contributed by atoms with Crippen LogP contribution in [0.15, 0.2) is 58.5 Å². The van der Waals surface area contributed by atoms with E-state index in [1.165, 1.54) is 9.80 Å². The van der Waals surface area contributed by atoms with E-state index in [2.05, 4.69) is 20.6 Å². The van der Waals surface area contributed by atoms with E-state index in [1.54, 1.807) is 30.3 Å². The number of nitrogens with two attached hydrogens (primary N) is 2. The fourth-order valence-corrected chi connectivity index (χ4v) is 7.78. The summed E-state index contributed by atoms with van der Waals surface area (Å²) in [5.41, 5.74) is 12.5. The minimum Gasteiger partial charge on any atom is -0.492 e. The van der Waals surface area contributed by atoms with Crippen LogP contribution in [-0.4, -0.2) is 106 Å². The van der Waals surface area contributed by atoms with Crippen molar-refractivity contribution in [2.45, 2.75) is 54.3 Å². The van der Waals surface area contributed by atoms with Gasteiger partial charge in [0.25, 0.3) is 11.8 Å². The van der Waals surface area contributed by atoms with Crippen molar-refractivity contribution in [1.29, 1.82) is 0 Å². The number of aliphatic hydroxyl groups is 2. The number of nitrogens with zero attached hydrogens (tertiary/aromatic N) is 5. The lowest BCUT2D eigenvalue weighted by atomic mass is 9.66. The Labute approximate surface area is 257 Å². The first-order valence-electron chi connectivity index (χ1n) is 15.0. The summed E-state index contributed by atoms with van der Waals surface area (Å²) in [6.45, 7) is -0.0237. The third-order valence-corrected chi connectivity index (χ3v) is 10.2. The van der Waals surface area contributed by atoms with Crippen molar-refractivity contribution in [2.75, 3.05) is 31.1 Å². The highest BCUT2D eigenvalue weighted by Gasteiger charge is 2.73. The maximum atomic E-state index is 13.7. The molecule has 45 heavy (non-hydrogen) atoms. The second-order valence-corrected chi connectivity index (χ2v) is 12.6. The number of fused-ring (bicyclic) bond motifs is 2. The number of benzene rings is 2. The number of aliphatic imine (C=N–C) groups is 2. The number of nitrogens with one attached hydrogen (secondary N) is 2. The van der Waals surface area contributed by atoms with E-state index in [9.17, 15) is 24.6 Å². The Kier molecular flexibility index (Phi) is 5.72. The molecule has 5 heterocycles. The number of hydrogen-bond donors (Lipinski definition) is 6. The molecule has 4 amide bonds. The van der Waals surface area contributed by atoms with Crippen LogP contribution in [0.3, 0.4) is 0 Å². The van der Waals surface area contributed by atoms with E-state index in [-0.39, 0.29) is 37.0 Å². The molecule has 2 aromatic rings. The second-order valence-electron chi connectivity index (χ2n) is 12.6. The monoisotopic (exact) mass is 615 g/mol. The van der Waals surface area contributed by atoms with Gasteiger partial charge in [0.1, 0.15) is 24.4 Å². The van der Waals surface area contributed by atoms with E-state index in [1.807, 2.05) is 18.2 Å². The van der Waals surface area contributed by atoms with Crippen LogP contribution >= 0.6 is 0 Å². The molecule has 1 aliphatic carbocycles. The van der Waals surface area contributed by atoms with Crippen LogP contribution in [0.5, 0.6) is 5.75 Å². The molecule has 2 saturated heterocycles. The van der Waals surface area contributed by atoms with Gasteiger partial charge in [-0.25, -0.2) is 14.8 Å². The van der Waals surface area contributed by atoms with Crippen molar-refractivity contribution in [3.05, 3.63) is 59.7 Å². The number of amides is 4. The molecule has 0 aromatic heterocycles. The van der Waals surface area contributed by atoms with Gasteiger partial charge in [-0.2, -0.15) is 0 Å². The van der Waals surface area contributed by atoms with Crippen molar-refractivity contribution in [1.82, 2.24) is 20.4 Å². The van der Waals surface area contributed by atoms with Gasteiger partial charge in [-0.1, -0.05) is 36.8 Å². The van der Waals surface area contributed by atoms with E-state index < -0.39 is 47.4 Å². The summed E-state index contributed by atoms with van der Waals surface area (Å²) in [5.74, 6) is -3.35. The van der Waals surface area contributed by atoms with E-state index >= 15 is 0 Å². The molecule has 5 aliphatic heterocycles. The summed E-state index contributed by atoms with van der Waals surface area (Å²) in [6.07, 6.45) is 3.09. The first-order chi connectivity index (χ1) is 21.6. The Bertz CT molecular complexity index is 1690. The standard InChI is InChI=1S/C30H33N9O6/c31-25-35-23-19(12-38-21(40)14-37(27(38)42)16-6-2-1-3-7-16)33-26(32)39-13-20(30(43,44)29(23,39)36-25)34-24(41)17-8-4-9-18-22(17)45-15-28(18)10-5-11-28/h1-4,6-9,19-20,23,43-44H,5,10-15H2,(H2,32,33)(H,34,41)(H3,31,35,36)/t19-,20?,23?,29?/m0/s1. The van der Waals surface area contributed by atoms with Crippen LogP contribution in [0.25, 0.3) is 0 Å². The third-order valence-electron chi connectivity index (χ3n) is 10.2. The van der Waals surface area contributed by atoms with Crippen molar-refractivity contribution in [3.63, 3.8) is 0 Å². The third kappa shape index (κ3) is 3.67. The van der Waals surface area contributed by atoms with Crippen LogP contribution in [0, 0.1) is 0 Å². The van der Waals surface area contributed by atoms with Gasteiger partial charge in [0.05, 0.1) is 24.8 Å². The van der Waals surface area contributed by atoms with Crippen LogP contribution < -0.4 is 31.7 Å². The topological polar surface area (TPSA) is 211 Å². The van der Waals surface area contributed by atoms with Gasteiger partial charge in [0.15, 0.2) is 17.6 Å². The summed E-state index contributed by atoms with van der Waals surface area (Å²) in [4.78, 5) is 52.8. The number of carbonyl (C=O) groups excluding carboxylic acids is 3. The summed E-state index contributed by atoms with van der Waals surface area (Å²) in [6, 6.07) is 10.4. The largest absolute Gasteiger partial charge is 0.492 e. The Morgan fingerprint density at radius 3 is 2.60 bits per heavy atom. The Balaban J connectivity index is 1.07. The molecule has 15 nitrogen and oxygen atoms in total. The molecule has 2 spiro atoms. The number of urea groups is 1. The van der Waals surface area contributed by atoms with Crippen LogP contribution in [0.2, 0.25) is 0 Å². The molecule has 2 aromatic carbocycles. The average Bonchev–Trinajstić information content (AvgIpc) is 3.71.